The van der Waals surface area contributed by atoms with E-state index in [9.17, 15) is 9.90 Å². The summed E-state index contributed by atoms with van der Waals surface area (Å²) in [6, 6.07) is 38.3. The zero-order valence-corrected chi connectivity index (χ0v) is 19.1. The fraction of sp³-hybridized carbons (Fsp3) is 0.0645. The van der Waals surface area contributed by atoms with Gasteiger partial charge < -0.3 is 15.2 Å². The Labute approximate surface area is 204 Å². The van der Waals surface area contributed by atoms with E-state index < -0.39 is 6.04 Å². The van der Waals surface area contributed by atoms with Crippen molar-refractivity contribution in [2.75, 3.05) is 6.61 Å². The Morgan fingerprint density at radius 1 is 0.714 bits per heavy atom. The monoisotopic (exact) mass is 459 g/mol. The molecule has 0 aliphatic heterocycles. The van der Waals surface area contributed by atoms with E-state index in [-0.39, 0.29) is 18.3 Å². The van der Waals surface area contributed by atoms with Crippen LogP contribution in [0.1, 0.15) is 17.2 Å². The summed E-state index contributed by atoms with van der Waals surface area (Å²) in [5, 5.41) is 15.7. The van der Waals surface area contributed by atoms with Gasteiger partial charge in [-0.15, -0.1) is 0 Å². The van der Waals surface area contributed by atoms with Gasteiger partial charge in [-0.05, 0) is 45.7 Å². The summed E-state index contributed by atoms with van der Waals surface area (Å²) >= 11 is 0. The van der Waals surface area contributed by atoms with E-state index >= 15 is 0 Å². The minimum Gasteiger partial charge on any atom is -0.508 e. The molecule has 5 aromatic carbocycles. The molecule has 5 aromatic rings. The van der Waals surface area contributed by atoms with Gasteiger partial charge in [-0.1, -0.05) is 103 Å². The Kier molecular flexibility index (Phi) is 6.44. The van der Waals surface area contributed by atoms with Gasteiger partial charge in [0.2, 0.25) is 0 Å². The average Bonchev–Trinajstić information content (AvgIpc) is 2.92. The lowest BCUT2D eigenvalue weighted by Gasteiger charge is -2.22. The lowest BCUT2D eigenvalue weighted by atomic mass is 9.92. The Bertz CT molecular complexity index is 1430. The first-order valence-electron chi connectivity index (χ1n) is 11.5. The molecule has 0 aliphatic rings. The first kappa shape index (κ1) is 22.2. The van der Waals surface area contributed by atoms with Gasteiger partial charge in [0.05, 0.1) is 6.04 Å². The predicted molar refractivity (Wildman–Crippen MR) is 139 cm³/mol. The van der Waals surface area contributed by atoms with Crippen LogP contribution < -0.4 is 10.1 Å². The second kappa shape index (κ2) is 10.1. The number of fused-ring (bicyclic) bond motifs is 1. The van der Waals surface area contributed by atoms with E-state index in [1.54, 1.807) is 6.07 Å². The zero-order valence-electron chi connectivity index (χ0n) is 19.1. The molecule has 1 atom stereocenters. The largest absolute Gasteiger partial charge is 0.508 e. The summed E-state index contributed by atoms with van der Waals surface area (Å²) in [5.74, 6) is 0.470. The van der Waals surface area contributed by atoms with Crippen LogP contribution in [0.25, 0.3) is 21.9 Å². The maximum Gasteiger partial charge on any atom is 0.258 e. The number of benzene rings is 5. The Morgan fingerprint density at radius 2 is 1.34 bits per heavy atom. The molecule has 0 radical (unpaired) electrons. The van der Waals surface area contributed by atoms with Crippen LogP contribution in [0, 0.1) is 0 Å². The normalized spacial score (nSPS) is 11.7. The molecule has 0 heterocycles. The molecule has 2 N–H and O–H groups in total. The van der Waals surface area contributed by atoms with Gasteiger partial charge in [0.25, 0.3) is 5.91 Å². The third kappa shape index (κ3) is 5.02. The molecule has 0 fully saturated rings. The molecule has 35 heavy (non-hydrogen) atoms. The van der Waals surface area contributed by atoms with E-state index in [2.05, 4.69) is 17.4 Å². The summed E-state index contributed by atoms with van der Waals surface area (Å²) in [6.07, 6.45) is 0. The van der Waals surface area contributed by atoms with Gasteiger partial charge in [-0.3, -0.25) is 4.79 Å². The molecule has 1 unspecified atom stereocenters. The number of ether oxygens (including phenoxy) is 1. The van der Waals surface area contributed by atoms with E-state index in [4.69, 9.17) is 4.74 Å². The number of rotatable bonds is 7. The van der Waals surface area contributed by atoms with Gasteiger partial charge in [0.1, 0.15) is 11.5 Å². The molecular formula is C31H25NO3. The Balaban J connectivity index is 1.35. The highest BCUT2D eigenvalue weighted by Gasteiger charge is 2.22. The number of aromatic hydroxyl groups is 1. The molecule has 5 rings (SSSR count). The second-order valence-electron chi connectivity index (χ2n) is 8.31. The van der Waals surface area contributed by atoms with Gasteiger partial charge >= 0.3 is 0 Å². The third-order valence-electron chi connectivity index (χ3n) is 6.01. The summed E-state index contributed by atoms with van der Waals surface area (Å²) in [7, 11) is 0. The molecule has 0 aromatic heterocycles. The molecule has 0 saturated carbocycles. The number of phenols is 1. The van der Waals surface area contributed by atoms with Gasteiger partial charge in [0.15, 0.2) is 6.61 Å². The number of hydrogen-bond acceptors (Lipinski definition) is 3. The van der Waals surface area contributed by atoms with Crippen molar-refractivity contribution < 1.29 is 14.6 Å². The number of carbonyl (C=O) groups is 1. The molecule has 1 amide bonds. The standard InChI is InChI=1S/C31H25NO3/c33-28-20-17-24-11-7-8-14-27(24)30(28)31(25-12-5-2-6-13-25)32-29(34)21-35-26-18-15-23(16-19-26)22-9-3-1-4-10-22/h1-20,31,33H,21H2,(H,32,34). The maximum absolute atomic E-state index is 13.0. The number of nitrogens with one attached hydrogen (secondary N) is 1. The van der Waals surface area contributed by atoms with Crippen LogP contribution in [0.3, 0.4) is 0 Å². The molecule has 0 aliphatic carbocycles. The number of carbonyl (C=O) groups excluding carboxylic acids is 1. The summed E-state index contributed by atoms with van der Waals surface area (Å²) in [5.41, 5.74) is 3.74. The smallest absolute Gasteiger partial charge is 0.258 e. The predicted octanol–water partition coefficient (Wildman–Crippen LogP) is 6.50. The molecule has 172 valence electrons. The Morgan fingerprint density at radius 3 is 2.09 bits per heavy atom. The molecule has 4 nitrogen and oxygen atoms in total. The molecular weight excluding hydrogens is 434 g/mol. The van der Waals surface area contributed by atoms with Crippen molar-refractivity contribution in [2.45, 2.75) is 6.04 Å². The van der Waals surface area contributed by atoms with Gasteiger partial charge in [0, 0.05) is 5.56 Å². The first-order chi connectivity index (χ1) is 17.2. The van der Waals surface area contributed by atoms with Crippen molar-refractivity contribution in [3.8, 4) is 22.6 Å². The van der Waals surface area contributed by atoms with Crippen molar-refractivity contribution in [2.24, 2.45) is 0 Å². The van der Waals surface area contributed by atoms with Crippen molar-refractivity contribution >= 4 is 16.7 Å². The second-order valence-corrected chi connectivity index (χ2v) is 8.31. The van der Waals surface area contributed by atoms with Crippen LogP contribution in [0.2, 0.25) is 0 Å². The van der Waals surface area contributed by atoms with Gasteiger partial charge in [-0.25, -0.2) is 0 Å². The molecule has 4 heteroatoms. The number of hydrogen-bond donors (Lipinski definition) is 2. The van der Waals surface area contributed by atoms with E-state index in [0.717, 1.165) is 27.5 Å². The highest BCUT2D eigenvalue weighted by Crippen LogP contribution is 2.35. The summed E-state index contributed by atoms with van der Waals surface area (Å²) < 4.78 is 5.77. The van der Waals surface area contributed by atoms with Crippen LogP contribution in [-0.2, 0) is 4.79 Å². The fourth-order valence-corrected chi connectivity index (χ4v) is 4.28. The number of amides is 1. The average molecular weight is 460 g/mol. The van der Waals surface area contributed by atoms with Crippen molar-refractivity contribution in [1.29, 1.82) is 0 Å². The maximum atomic E-state index is 13.0. The van der Waals surface area contributed by atoms with Crippen molar-refractivity contribution in [3.05, 3.63) is 132 Å². The van der Waals surface area contributed by atoms with E-state index in [0.29, 0.717) is 11.3 Å². The minimum atomic E-state index is -0.529. The molecule has 0 saturated heterocycles. The lowest BCUT2D eigenvalue weighted by molar-refractivity contribution is -0.123. The van der Waals surface area contributed by atoms with E-state index in [1.807, 2.05) is 103 Å². The highest BCUT2D eigenvalue weighted by atomic mass is 16.5. The summed E-state index contributed by atoms with van der Waals surface area (Å²) in [4.78, 5) is 13.0. The van der Waals surface area contributed by atoms with Crippen LogP contribution in [0.4, 0.5) is 0 Å². The van der Waals surface area contributed by atoms with Crippen molar-refractivity contribution in [1.82, 2.24) is 5.32 Å². The number of phenolic OH excluding ortho intramolecular Hbond substituents is 1. The topological polar surface area (TPSA) is 58.6 Å². The SMILES string of the molecule is O=C(COc1ccc(-c2ccccc2)cc1)NC(c1ccccc1)c1c(O)ccc2ccccc12. The van der Waals surface area contributed by atoms with Crippen LogP contribution in [0.5, 0.6) is 11.5 Å². The minimum absolute atomic E-state index is 0.135. The van der Waals surface area contributed by atoms with Crippen LogP contribution >= 0.6 is 0 Å². The van der Waals surface area contributed by atoms with Crippen LogP contribution in [-0.4, -0.2) is 17.6 Å². The zero-order chi connectivity index (χ0) is 24.0. The quantitative estimate of drug-likeness (QED) is 0.292. The Hall–Kier alpha value is -4.57. The van der Waals surface area contributed by atoms with E-state index in [1.165, 1.54) is 0 Å². The highest BCUT2D eigenvalue weighted by molar-refractivity contribution is 5.89. The van der Waals surface area contributed by atoms with Crippen LogP contribution in [0.15, 0.2) is 121 Å². The van der Waals surface area contributed by atoms with Gasteiger partial charge in [-0.2, -0.15) is 0 Å². The fourth-order valence-electron chi connectivity index (χ4n) is 4.28. The lowest BCUT2D eigenvalue weighted by Crippen LogP contribution is -2.33. The first-order valence-corrected chi connectivity index (χ1v) is 11.5. The molecule has 0 spiro atoms. The molecule has 0 bridgehead atoms. The van der Waals surface area contributed by atoms with Crippen molar-refractivity contribution in [3.63, 3.8) is 0 Å². The third-order valence-corrected chi connectivity index (χ3v) is 6.01. The summed E-state index contributed by atoms with van der Waals surface area (Å²) in [6.45, 7) is -0.139.